The molecule has 0 bridgehead atoms. The number of carbonyl (C=O) groups excluding carboxylic acids is 3. The maximum absolute atomic E-state index is 13.4. The molecule has 0 radical (unpaired) electrons. The minimum atomic E-state index is -0.780. The van der Waals surface area contributed by atoms with E-state index in [4.69, 9.17) is 14.2 Å². The number of rotatable bonds is 9. The molecule has 4 rings (SSSR count). The lowest BCUT2D eigenvalue weighted by Crippen LogP contribution is -2.42. The fourth-order valence-electron chi connectivity index (χ4n) is 4.52. The first-order chi connectivity index (χ1) is 18.8. The topological polar surface area (TPSA) is 103 Å². The fraction of sp³-hybridized carbons (Fsp3) is 0.323. The number of carbonyl (C=O) groups is 3. The number of nitrogens with one attached hydrogen (secondary N) is 2. The molecule has 1 aliphatic heterocycles. The van der Waals surface area contributed by atoms with Gasteiger partial charge in [-0.05, 0) is 66.3 Å². The zero-order chi connectivity index (χ0) is 27.9. The van der Waals surface area contributed by atoms with Crippen LogP contribution in [0.15, 0.2) is 66.7 Å². The van der Waals surface area contributed by atoms with Crippen LogP contribution < -0.4 is 20.1 Å². The second kappa shape index (κ2) is 12.5. The summed E-state index contributed by atoms with van der Waals surface area (Å²) < 4.78 is 16.6. The van der Waals surface area contributed by atoms with Crippen molar-refractivity contribution in [2.75, 3.05) is 20.3 Å². The molecule has 3 aromatic carbocycles. The van der Waals surface area contributed by atoms with Crippen molar-refractivity contribution in [1.29, 1.82) is 0 Å². The minimum absolute atomic E-state index is 0.170. The van der Waals surface area contributed by atoms with Gasteiger partial charge in [-0.15, -0.1) is 0 Å². The first kappa shape index (κ1) is 27.7. The molecule has 2 N–H and O–H groups in total. The van der Waals surface area contributed by atoms with Gasteiger partial charge < -0.3 is 24.8 Å². The lowest BCUT2D eigenvalue weighted by molar-refractivity contribution is -0.143. The number of hydrogen-bond donors (Lipinski definition) is 2. The van der Waals surface area contributed by atoms with E-state index in [2.05, 4.69) is 10.6 Å². The molecule has 0 fully saturated rings. The maximum Gasteiger partial charge on any atom is 0.328 e. The van der Waals surface area contributed by atoms with Crippen LogP contribution in [0.25, 0.3) is 11.1 Å². The number of para-hydroxylation sites is 2. The minimum Gasteiger partial charge on any atom is -0.486 e. The summed E-state index contributed by atoms with van der Waals surface area (Å²) in [5.41, 5.74) is 3.11. The Balaban J connectivity index is 1.56. The second-order valence-electron chi connectivity index (χ2n) is 9.96. The molecule has 204 valence electrons. The van der Waals surface area contributed by atoms with E-state index in [1.165, 1.54) is 7.11 Å². The van der Waals surface area contributed by atoms with Crippen LogP contribution in [0.1, 0.15) is 46.5 Å². The van der Waals surface area contributed by atoms with Gasteiger partial charge in [0.25, 0.3) is 11.8 Å². The van der Waals surface area contributed by atoms with E-state index in [9.17, 15) is 14.4 Å². The standard InChI is InChI=1S/C31H34N2O6/c1-19(2)15-26(31(36)37-4)33-30(35)24-14-13-21(16-25(24)23-10-6-5-9-20(23)3)29(34)32-17-22-18-38-27-11-7-8-12-28(27)39-22/h5-14,16,19,22,26H,15,17-18H2,1-4H3,(H,32,34)(H,33,35)/t22-,26+/m1/s1. The predicted molar refractivity (Wildman–Crippen MR) is 148 cm³/mol. The zero-order valence-electron chi connectivity index (χ0n) is 22.7. The average molecular weight is 531 g/mol. The Morgan fingerprint density at radius 3 is 2.38 bits per heavy atom. The Morgan fingerprint density at radius 1 is 0.949 bits per heavy atom. The van der Waals surface area contributed by atoms with Crippen LogP contribution in [-0.2, 0) is 9.53 Å². The van der Waals surface area contributed by atoms with Crippen LogP contribution in [0.3, 0.4) is 0 Å². The number of methoxy groups -OCH3 is 1. The summed E-state index contributed by atoms with van der Waals surface area (Å²) in [5.74, 6) is 0.280. The molecule has 2 amide bonds. The summed E-state index contributed by atoms with van der Waals surface area (Å²) in [6.45, 7) is 6.46. The van der Waals surface area contributed by atoms with Gasteiger partial charge in [-0.3, -0.25) is 9.59 Å². The van der Waals surface area contributed by atoms with Gasteiger partial charge in [0.15, 0.2) is 11.5 Å². The van der Waals surface area contributed by atoms with Gasteiger partial charge >= 0.3 is 5.97 Å². The van der Waals surface area contributed by atoms with E-state index in [0.717, 1.165) is 11.1 Å². The molecule has 8 heteroatoms. The van der Waals surface area contributed by atoms with E-state index in [1.54, 1.807) is 18.2 Å². The van der Waals surface area contributed by atoms with Crippen molar-refractivity contribution < 1.29 is 28.6 Å². The summed E-state index contributed by atoms with van der Waals surface area (Å²) in [4.78, 5) is 38.9. The number of amides is 2. The van der Waals surface area contributed by atoms with Crippen molar-refractivity contribution in [3.8, 4) is 22.6 Å². The molecule has 0 saturated heterocycles. The smallest absolute Gasteiger partial charge is 0.328 e. The Bertz CT molecular complexity index is 1350. The SMILES string of the molecule is COC(=O)[C@H](CC(C)C)NC(=O)c1ccc(C(=O)NC[C@@H]2COc3ccccc3O2)cc1-c1ccccc1C. The molecule has 0 spiro atoms. The molecule has 1 aliphatic rings. The van der Waals surface area contributed by atoms with Crippen LogP contribution in [0.5, 0.6) is 11.5 Å². The zero-order valence-corrected chi connectivity index (χ0v) is 22.7. The predicted octanol–water partition coefficient (Wildman–Crippen LogP) is 4.55. The van der Waals surface area contributed by atoms with Gasteiger partial charge in [-0.2, -0.15) is 0 Å². The van der Waals surface area contributed by atoms with E-state index in [1.807, 2.05) is 69.3 Å². The number of ether oxygens (including phenoxy) is 3. The van der Waals surface area contributed by atoms with Crippen molar-refractivity contribution in [3.05, 3.63) is 83.4 Å². The molecule has 8 nitrogen and oxygen atoms in total. The summed E-state index contributed by atoms with van der Waals surface area (Å²) in [7, 11) is 1.30. The third kappa shape index (κ3) is 6.76. The number of esters is 1. The van der Waals surface area contributed by atoms with Crippen LogP contribution in [-0.4, -0.2) is 50.2 Å². The molecule has 0 saturated carbocycles. The highest BCUT2D eigenvalue weighted by Crippen LogP contribution is 2.31. The second-order valence-corrected chi connectivity index (χ2v) is 9.96. The Kier molecular flexibility index (Phi) is 8.86. The lowest BCUT2D eigenvalue weighted by Gasteiger charge is -2.26. The molecule has 1 heterocycles. The summed E-state index contributed by atoms with van der Waals surface area (Å²) >= 11 is 0. The quantitative estimate of drug-likeness (QED) is 0.394. The van der Waals surface area contributed by atoms with E-state index >= 15 is 0 Å². The van der Waals surface area contributed by atoms with Crippen LogP contribution >= 0.6 is 0 Å². The van der Waals surface area contributed by atoms with Gasteiger partial charge in [-0.1, -0.05) is 50.2 Å². The Morgan fingerprint density at radius 2 is 1.67 bits per heavy atom. The van der Waals surface area contributed by atoms with Crippen molar-refractivity contribution in [2.45, 2.75) is 39.3 Å². The molecular formula is C31H34N2O6. The normalized spacial score (nSPS) is 14.8. The average Bonchev–Trinajstić information content (AvgIpc) is 2.94. The third-order valence-corrected chi connectivity index (χ3v) is 6.52. The molecule has 2 atom stereocenters. The van der Waals surface area contributed by atoms with Crippen LogP contribution in [0, 0.1) is 12.8 Å². The van der Waals surface area contributed by atoms with Gasteiger partial charge in [0, 0.05) is 11.1 Å². The third-order valence-electron chi connectivity index (χ3n) is 6.52. The number of fused-ring (bicyclic) bond motifs is 1. The number of hydrogen-bond acceptors (Lipinski definition) is 6. The number of aryl methyl sites for hydroxylation is 1. The van der Waals surface area contributed by atoms with E-state index in [-0.39, 0.29) is 24.5 Å². The summed E-state index contributed by atoms with van der Waals surface area (Å²) in [6, 6.07) is 19.2. The highest BCUT2D eigenvalue weighted by molar-refractivity contribution is 6.05. The van der Waals surface area contributed by atoms with Crippen LogP contribution in [0.4, 0.5) is 0 Å². The number of benzene rings is 3. The van der Waals surface area contributed by atoms with Crippen molar-refractivity contribution in [3.63, 3.8) is 0 Å². The Hall–Kier alpha value is -4.33. The van der Waals surface area contributed by atoms with Crippen molar-refractivity contribution in [1.82, 2.24) is 10.6 Å². The fourth-order valence-corrected chi connectivity index (χ4v) is 4.52. The van der Waals surface area contributed by atoms with Gasteiger partial charge in [-0.25, -0.2) is 4.79 Å². The van der Waals surface area contributed by atoms with Gasteiger partial charge in [0.1, 0.15) is 18.8 Å². The summed E-state index contributed by atoms with van der Waals surface area (Å²) in [5, 5.41) is 5.74. The van der Waals surface area contributed by atoms with E-state index in [0.29, 0.717) is 41.2 Å². The highest BCUT2D eigenvalue weighted by atomic mass is 16.6. The molecule has 0 aromatic heterocycles. The molecule has 0 unspecified atom stereocenters. The summed E-state index contributed by atoms with van der Waals surface area (Å²) in [6.07, 6.45) is 0.108. The largest absolute Gasteiger partial charge is 0.486 e. The molecule has 3 aromatic rings. The van der Waals surface area contributed by atoms with Gasteiger partial charge in [0.2, 0.25) is 0 Å². The van der Waals surface area contributed by atoms with Gasteiger partial charge in [0.05, 0.1) is 13.7 Å². The first-order valence-corrected chi connectivity index (χ1v) is 13.0. The monoisotopic (exact) mass is 530 g/mol. The Labute approximate surface area is 228 Å². The maximum atomic E-state index is 13.4. The molecular weight excluding hydrogens is 496 g/mol. The van der Waals surface area contributed by atoms with Crippen LogP contribution in [0.2, 0.25) is 0 Å². The molecule has 0 aliphatic carbocycles. The van der Waals surface area contributed by atoms with E-state index < -0.39 is 17.9 Å². The molecule has 39 heavy (non-hydrogen) atoms. The van der Waals surface area contributed by atoms with Crippen molar-refractivity contribution >= 4 is 17.8 Å². The van der Waals surface area contributed by atoms with Crippen molar-refractivity contribution in [2.24, 2.45) is 5.92 Å². The lowest BCUT2D eigenvalue weighted by atomic mass is 9.93. The highest BCUT2D eigenvalue weighted by Gasteiger charge is 2.26. The first-order valence-electron chi connectivity index (χ1n) is 13.0.